The minimum Gasteiger partial charge on any atom is -0.386 e. The summed E-state index contributed by atoms with van der Waals surface area (Å²) < 4.78 is 0. The van der Waals surface area contributed by atoms with E-state index >= 15 is 0 Å². The predicted molar refractivity (Wildman–Crippen MR) is 71.7 cm³/mol. The number of hydrogen-bond donors (Lipinski definition) is 1. The van der Waals surface area contributed by atoms with Gasteiger partial charge in [0.1, 0.15) is 0 Å². The predicted octanol–water partition coefficient (Wildman–Crippen LogP) is 4.08. The van der Waals surface area contributed by atoms with E-state index < -0.39 is 5.60 Å². The summed E-state index contributed by atoms with van der Waals surface area (Å²) in [5, 5.41) is 12.0. The number of rotatable bonds is 1. The third-order valence-electron chi connectivity index (χ3n) is 2.61. The Hall–Kier alpha value is -0.830. The Kier molecular flexibility index (Phi) is 3.06. The number of benzene rings is 1. The summed E-state index contributed by atoms with van der Waals surface area (Å²) >= 11 is 12.1. The van der Waals surface area contributed by atoms with Crippen LogP contribution in [-0.4, -0.2) is 10.1 Å². The van der Waals surface area contributed by atoms with E-state index in [1.54, 1.807) is 26.0 Å². The van der Waals surface area contributed by atoms with E-state index in [-0.39, 0.29) is 0 Å². The molecule has 0 unspecified atom stereocenters. The number of fused-ring (bicyclic) bond motifs is 1. The van der Waals surface area contributed by atoms with Crippen molar-refractivity contribution in [2.75, 3.05) is 0 Å². The van der Waals surface area contributed by atoms with Gasteiger partial charge in [0.15, 0.2) is 0 Å². The van der Waals surface area contributed by atoms with Gasteiger partial charge in [-0.3, -0.25) is 4.98 Å². The SMILES string of the molecule is Cc1cc(C(C)(C)O)c2c(Cl)cc(Cl)cc2n1. The molecule has 2 aromatic rings. The highest BCUT2D eigenvalue weighted by atomic mass is 35.5. The summed E-state index contributed by atoms with van der Waals surface area (Å²) in [6.07, 6.45) is 0. The van der Waals surface area contributed by atoms with Crippen molar-refractivity contribution in [3.05, 3.63) is 39.5 Å². The van der Waals surface area contributed by atoms with Crippen LogP contribution in [0.2, 0.25) is 10.0 Å². The monoisotopic (exact) mass is 269 g/mol. The Morgan fingerprint density at radius 1 is 1.18 bits per heavy atom. The summed E-state index contributed by atoms with van der Waals surface area (Å²) in [4.78, 5) is 4.39. The van der Waals surface area contributed by atoms with Crippen LogP contribution in [0.1, 0.15) is 25.1 Å². The highest BCUT2D eigenvalue weighted by molar-refractivity contribution is 6.38. The molecule has 90 valence electrons. The van der Waals surface area contributed by atoms with Crippen molar-refractivity contribution in [2.45, 2.75) is 26.4 Å². The molecule has 1 aromatic heterocycles. The molecular formula is C13H13Cl2NO. The van der Waals surface area contributed by atoms with Crippen LogP contribution >= 0.6 is 23.2 Å². The van der Waals surface area contributed by atoms with E-state index in [1.165, 1.54) is 0 Å². The number of aryl methyl sites for hydroxylation is 1. The van der Waals surface area contributed by atoms with Gasteiger partial charge < -0.3 is 5.11 Å². The second kappa shape index (κ2) is 4.13. The highest BCUT2D eigenvalue weighted by Gasteiger charge is 2.21. The number of pyridine rings is 1. The molecule has 4 heteroatoms. The van der Waals surface area contributed by atoms with Crippen molar-refractivity contribution in [2.24, 2.45) is 0 Å². The molecule has 1 heterocycles. The van der Waals surface area contributed by atoms with E-state index in [0.29, 0.717) is 15.6 Å². The fraction of sp³-hybridized carbons (Fsp3) is 0.308. The first-order valence-electron chi connectivity index (χ1n) is 5.28. The van der Waals surface area contributed by atoms with Gasteiger partial charge in [-0.25, -0.2) is 0 Å². The molecule has 1 N–H and O–H groups in total. The van der Waals surface area contributed by atoms with Crippen LogP contribution in [0.25, 0.3) is 10.9 Å². The van der Waals surface area contributed by atoms with E-state index in [4.69, 9.17) is 23.2 Å². The van der Waals surface area contributed by atoms with Crippen molar-refractivity contribution in [1.82, 2.24) is 4.98 Å². The van der Waals surface area contributed by atoms with Crippen LogP contribution in [0.3, 0.4) is 0 Å². The maximum atomic E-state index is 10.2. The van der Waals surface area contributed by atoms with E-state index in [9.17, 15) is 5.11 Å². The Morgan fingerprint density at radius 2 is 1.82 bits per heavy atom. The fourth-order valence-corrected chi connectivity index (χ4v) is 2.49. The van der Waals surface area contributed by atoms with Gasteiger partial charge in [0.25, 0.3) is 0 Å². The standard InChI is InChI=1S/C13H13Cl2NO/c1-7-4-9(13(2,3)17)12-10(15)5-8(14)6-11(12)16-7/h4-6,17H,1-3H3. The number of nitrogens with zero attached hydrogens (tertiary/aromatic N) is 1. The molecule has 1 aromatic carbocycles. The maximum absolute atomic E-state index is 10.2. The molecule has 0 aliphatic rings. The Balaban J connectivity index is 2.93. The van der Waals surface area contributed by atoms with Crippen LogP contribution < -0.4 is 0 Å². The van der Waals surface area contributed by atoms with Gasteiger partial charge in [-0.1, -0.05) is 23.2 Å². The van der Waals surface area contributed by atoms with Crippen molar-refractivity contribution in [1.29, 1.82) is 0 Å². The van der Waals surface area contributed by atoms with Crippen LogP contribution in [0.5, 0.6) is 0 Å². The molecule has 0 saturated heterocycles. The fourth-order valence-electron chi connectivity index (χ4n) is 1.90. The zero-order valence-electron chi connectivity index (χ0n) is 9.88. The molecule has 0 saturated carbocycles. The number of aromatic nitrogens is 1. The van der Waals surface area contributed by atoms with Gasteiger partial charge in [0.2, 0.25) is 0 Å². The zero-order valence-corrected chi connectivity index (χ0v) is 11.4. The molecule has 0 bridgehead atoms. The van der Waals surface area contributed by atoms with Gasteiger partial charge in [-0.05, 0) is 44.5 Å². The van der Waals surface area contributed by atoms with Crippen molar-refractivity contribution in [3.8, 4) is 0 Å². The van der Waals surface area contributed by atoms with Crippen molar-refractivity contribution in [3.63, 3.8) is 0 Å². The lowest BCUT2D eigenvalue weighted by Crippen LogP contribution is -2.16. The summed E-state index contributed by atoms with van der Waals surface area (Å²) in [5.74, 6) is 0. The van der Waals surface area contributed by atoms with Gasteiger partial charge in [0.05, 0.1) is 16.1 Å². The van der Waals surface area contributed by atoms with Crippen LogP contribution in [0, 0.1) is 6.92 Å². The van der Waals surface area contributed by atoms with Gasteiger partial charge in [-0.15, -0.1) is 0 Å². The number of halogens is 2. The first-order valence-corrected chi connectivity index (χ1v) is 6.04. The highest BCUT2D eigenvalue weighted by Crippen LogP contribution is 2.35. The van der Waals surface area contributed by atoms with Crippen molar-refractivity contribution < 1.29 is 5.11 Å². The second-order valence-corrected chi connectivity index (χ2v) is 5.50. The molecule has 0 atom stereocenters. The maximum Gasteiger partial charge on any atom is 0.0848 e. The topological polar surface area (TPSA) is 33.1 Å². The first kappa shape index (κ1) is 12.6. The molecule has 0 radical (unpaired) electrons. The first-order chi connectivity index (χ1) is 7.79. The van der Waals surface area contributed by atoms with Gasteiger partial charge >= 0.3 is 0 Å². The van der Waals surface area contributed by atoms with E-state index in [0.717, 1.165) is 16.6 Å². The molecule has 2 nitrogen and oxygen atoms in total. The Bertz CT molecular complexity index is 583. The quantitative estimate of drug-likeness (QED) is 0.847. The van der Waals surface area contributed by atoms with E-state index in [1.807, 2.05) is 13.0 Å². The average molecular weight is 270 g/mol. The number of hydrogen-bond acceptors (Lipinski definition) is 2. The van der Waals surface area contributed by atoms with Gasteiger partial charge in [-0.2, -0.15) is 0 Å². The smallest absolute Gasteiger partial charge is 0.0848 e. The Labute approximate surface area is 110 Å². The Morgan fingerprint density at radius 3 is 2.41 bits per heavy atom. The minimum absolute atomic E-state index is 0.511. The lowest BCUT2D eigenvalue weighted by molar-refractivity contribution is 0.0801. The number of aliphatic hydroxyl groups is 1. The third-order valence-corrected chi connectivity index (χ3v) is 3.13. The lowest BCUT2D eigenvalue weighted by Gasteiger charge is -2.21. The molecule has 2 rings (SSSR count). The molecule has 0 fully saturated rings. The van der Waals surface area contributed by atoms with Crippen LogP contribution in [0.15, 0.2) is 18.2 Å². The molecule has 0 spiro atoms. The largest absolute Gasteiger partial charge is 0.386 e. The van der Waals surface area contributed by atoms with Gasteiger partial charge in [0, 0.05) is 16.1 Å². The van der Waals surface area contributed by atoms with Crippen molar-refractivity contribution >= 4 is 34.1 Å². The average Bonchev–Trinajstić information content (AvgIpc) is 2.13. The summed E-state index contributed by atoms with van der Waals surface area (Å²) in [5.41, 5.74) is 1.33. The molecule has 0 amide bonds. The molecule has 0 aliphatic carbocycles. The summed E-state index contributed by atoms with van der Waals surface area (Å²) in [6.45, 7) is 5.34. The van der Waals surface area contributed by atoms with Crippen LogP contribution in [0.4, 0.5) is 0 Å². The molecule has 17 heavy (non-hydrogen) atoms. The summed E-state index contributed by atoms with van der Waals surface area (Å²) in [6, 6.07) is 5.27. The van der Waals surface area contributed by atoms with E-state index in [2.05, 4.69) is 4.98 Å². The minimum atomic E-state index is -0.969. The zero-order chi connectivity index (χ0) is 12.8. The molecule has 0 aliphatic heterocycles. The normalized spacial score (nSPS) is 12.1. The van der Waals surface area contributed by atoms with Crippen LogP contribution in [-0.2, 0) is 5.60 Å². The molecular weight excluding hydrogens is 257 g/mol. The lowest BCUT2D eigenvalue weighted by atomic mass is 9.94. The summed E-state index contributed by atoms with van der Waals surface area (Å²) in [7, 11) is 0. The second-order valence-electron chi connectivity index (χ2n) is 4.65. The third kappa shape index (κ3) is 2.39.